The number of ether oxygens (including phenoxy) is 1. The van der Waals surface area contributed by atoms with E-state index in [9.17, 15) is 13.2 Å². The highest BCUT2D eigenvalue weighted by Crippen LogP contribution is 1.89. The molecule has 0 aromatic rings. The van der Waals surface area contributed by atoms with Crippen LogP contribution in [0.1, 0.15) is 13.8 Å². The van der Waals surface area contributed by atoms with Gasteiger partial charge in [-0.2, -0.15) is 13.1 Å². The fourth-order valence-corrected chi connectivity index (χ4v) is 1.26. The molecule has 84 valence electrons. The van der Waals surface area contributed by atoms with Crippen molar-refractivity contribution in [1.29, 1.82) is 0 Å². The smallest absolute Gasteiger partial charge is 0.422 e. The largest absolute Gasteiger partial charge is 0.446 e. The van der Waals surface area contributed by atoms with Crippen molar-refractivity contribution in [2.75, 3.05) is 13.2 Å². The van der Waals surface area contributed by atoms with Gasteiger partial charge in [0, 0.05) is 6.54 Å². The summed E-state index contributed by atoms with van der Waals surface area (Å²) in [4.78, 5) is 10.8. The van der Waals surface area contributed by atoms with E-state index in [0.717, 1.165) is 0 Å². The van der Waals surface area contributed by atoms with E-state index in [1.807, 2.05) is 4.72 Å². The first-order chi connectivity index (χ1) is 6.37. The zero-order chi connectivity index (χ0) is 11.2. The number of hydrogen-bond acceptors (Lipinski definition) is 5. The van der Waals surface area contributed by atoms with Crippen LogP contribution in [0.3, 0.4) is 0 Å². The van der Waals surface area contributed by atoms with Crippen LogP contribution in [0.25, 0.3) is 0 Å². The Kier molecular flexibility index (Phi) is 5.43. The van der Waals surface area contributed by atoms with Gasteiger partial charge >= 0.3 is 16.3 Å². The topological polar surface area (TPSA) is 105 Å². The standard InChI is InChI=1S/C6H14N2O5S/c1-5(2)13-6(10)8-14(11,12)7-3-4-9/h5,7,9H,3-4H2,1-2H3,(H,8,10). The zero-order valence-corrected chi connectivity index (χ0v) is 8.80. The van der Waals surface area contributed by atoms with Crippen LogP contribution in [0.2, 0.25) is 0 Å². The van der Waals surface area contributed by atoms with Gasteiger partial charge in [0.05, 0.1) is 12.7 Å². The molecule has 0 saturated heterocycles. The van der Waals surface area contributed by atoms with E-state index in [-0.39, 0.29) is 13.2 Å². The molecule has 0 fully saturated rings. The average Bonchev–Trinajstić information content (AvgIpc) is 1.98. The second kappa shape index (κ2) is 5.78. The van der Waals surface area contributed by atoms with Gasteiger partial charge in [-0.05, 0) is 13.8 Å². The van der Waals surface area contributed by atoms with Crippen molar-refractivity contribution in [3.05, 3.63) is 0 Å². The van der Waals surface area contributed by atoms with Gasteiger partial charge in [-0.1, -0.05) is 0 Å². The van der Waals surface area contributed by atoms with Crippen molar-refractivity contribution < 1.29 is 23.1 Å². The van der Waals surface area contributed by atoms with E-state index in [1.54, 1.807) is 18.6 Å². The Bertz CT molecular complexity index is 274. The molecule has 0 atom stereocenters. The van der Waals surface area contributed by atoms with Crippen LogP contribution in [0.15, 0.2) is 0 Å². The Balaban J connectivity index is 4.03. The van der Waals surface area contributed by atoms with E-state index >= 15 is 0 Å². The molecule has 7 nitrogen and oxygen atoms in total. The molecule has 0 rings (SSSR count). The highest BCUT2D eigenvalue weighted by Gasteiger charge is 2.14. The first kappa shape index (κ1) is 13.1. The van der Waals surface area contributed by atoms with Crippen LogP contribution in [0.5, 0.6) is 0 Å². The first-order valence-corrected chi connectivity index (χ1v) is 5.44. The van der Waals surface area contributed by atoms with Crippen molar-refractivity contribution in [2.24, 2.45) is 0 Å². The molecule has 3 N–H and O–H groups in total. The van der Waals surface area contributed by atoms with Gasteiger partial charge in [-0.15, -0.1) is 0 Å². The molecular weight excluding hydrogens is 212 g/mol. The molecule has 0 saturated carbocycles. The lowest BCUT2D eigenvalue weighted by Crippen LogP contribution is -2.42. The van der Waals surface area contributed by atoms with Crippen LogP contribution >= 0.6 is 0 Å². The number of rotatable bonds is 5. The average molecular weight is 226 g/mol. The Labute approximate surface area is 82.6 Å². The van der Waals surface area contributed by atoms with Crippen molar-refractivity contribution >= 4 is 16.3 Å². The SMILES string of the molecule is CC(C)OC(=O)NS(=O)(=O)NCCO. The summed E-state index contributed by atoms with van der Waals surface area (Å²) >= 11 is 0. The van der Waals surface area contributed by atoms with Gasteiger partial charge in [0.15, 0.2) is 0 Å². The van der Waals surface area contributed by atoms with Crippen molar-refractivity contribution in [2.45, 2.75) is 20.0 Å². The molecule has 8 heteroatoms. The maximum absolute atomic E-state index is 10.9. The molecule has 0 bridgehead atoms. The second-order valence-corrected chi connectivity index (χ2v) is 4.18. The summed E-state index contributed by atoms with van der Waals surface area (Å²) in [5.41, 5.74) is 0. The van der Waals surface area contributed by atoms with E-state index in [1.165, 1.54) is 0 Å². The summed E-state index contributed by atoms with van der Waals surface area (Å²) in [6, 6.07) is 0. The Morgan fingerprint density at radius 2 is 2.07 bits per heavy atom. The quantitative estimate of drug-likeness (QED) is 0.554. The molecule has 0 radical (unpaired) electrons. The second-order valence-electron chi connectivity index (χ2n) is 2.68. The summed E-state index contributed by atoms with van der Waals surface area (Å²) in [6.07, 6.45) is -1.45. The minimum Gasteiger partial charge on any atom is -0.446 e. The first-order valence-electron chi connectivity index (χ1n) is 3.96. The lowest BCUT2D eigenvalue weighted by Gasteiger charge is -2.09. The van der Waals surface area contributed by atoms with Crippen LogP contribution < -0.4 is 9.44 Å². The molecule has 0 aliphatic rings. The molecule has 0 spiro atoms. The molecule has 0 aromatic heterocycles. The molecule has 0 heterocycles. The third-order valence-corrected chi connectivity index (χ3v) is 1.98. The minimum absolute atomic E-state index is 0.162. The number of aliphatic hydroxyl groups is 1. The van der Waals surface area contributed by atoms with Gasteiger partial charge in [-0.3, -0.25) is 0 Å². The minimum atomic E-state index is -3.92. The van der Waals surface area contributed by atoms with Crippen LogP contribution in [0.4, 0.5) is 4.79 Å². The molecule has 0 aliphatic heterocycles. The van der Waals surface area contributed by atoms with Gasteiger partial charge in [0.25, 0.3) is 0 Å². The fraction of sp³-hybridized carbons (Fsp3) is 0.833. The Morgan fingerprint density at radius 3 is 2.50 bits per heavy atom. The van der Waals surface area contributed by atoms with E-state index in [4.69, 9.17) is 5.11 Å². The van der Waals surface area contributed by atoms with Gasteiger partial charge in [0.1, 0.15) is 0 Å². The summed E-state index contributed by atoms with van der Waals surface area (Å²) in [5, 5.41) is 8.34. The van der Waals surface area contributed by atoms with Crippen molar-refractivity contribution in [3.63, 3.8) is 0 Å². The highest BCUT2D eigenvalue weighted by molar-refractivity contribution is 7.88. The van der Waals surface area contributed by atoms with Crippen LogP contribution in [0, 0.1) is 0 Å². The molecule has 1 amide bonds. The van der Waals surface area contributed by atoms with Gasteiger partial charge in [0.2, 0.25) is 0 Å². The normalized spacial score (nSPS) is 11.4. The maximum Gasteiger partial charge on any atom is 0.422 e. The van der Waals surface area contributed by atoms with Crippen molar-refractivity contribution in [3.8, 4) is 0 Å². The number of hydrogen-bond donors (Lipinski definition) is 3. The fourth-order valence-electron chi connectivity index (χ4n) is 0.564. The van der Waals surface area contributed by atoms with Crippen molar-refractivity contribution in [1.82, 2.24) is 9.44 Å². The van der Waals surface area contributed by atoms with Gasteiger partial charge < -0.3 is 9.84 Å². The Morgan fingerprint density at radius 1 is 1.50 bits per heavy atom. The predicted octanol–water partition coefficient (Wildman–Crippen LogP) is -1.05. The summed E-state index contributed by atoms with van der Waals surface area (Å²) in [6.45, 7) is 2.67. The van der Waals surface area contributed by atoms with Crippen LogP contribution in [-0.4, -0.2) is 38.9 Å². The Hall–Kier alpha value is -0.860. The highest BCUT2D eigenvalue weighted by atomic mass is 32.2. The lowest BCUT2D eigenvalue weighted by molar-refractivity contribution is 0.121. The lowest BCUT2D eigenvalue weighted by atomic mass is 10.5. The maximum atomic E-state index is 10.9. The number of carbonyl (C=O) groups excluding carboxylic acids is 1. The van der Waals surface area contributed by atoms with E-state index < -0.39 is 22.4 Å². The third kappa shape index (κ3) is 6.63. The number of amides is 1. The molecule has 14 heavy (non-hydrogen) atoms. The number of aliphatic hydroxyl groups excluding tert-OH is 1. The monoisotopic (exact) mass is 226 g/mol. The molecule has 0 unspecified atom stereocenters. The zero-order valence-electron chi connectivity index (χ0n) is 7.98. The summed E-state index contributed by atoms with van der Waals surface area (Å²) < 4.78 is 30.0. The summed E-state index contributed by atoms with van der Waals surface area (Å²) in [7, 11) is -3.92. The van der Waals surface area contributed by atoms with E-state index in [2.05, 4.69) is 4.74 Å². The van der Waals surface area contributed by atoms with Crippen LogP contribution in [-0.2, 0) is 14.9 Å². The predicted molar refractivity (Wildman–Crippen MR) is 48.8 cm³/mol. The van der Waals surface area contributed by atoms with E-state index in [0.29, 0.717) is 0 Å². The number of carbonyl (C=O) groups is 1. The molecule has 0 aliphatic carbocycles. The third-order valence-electron chi connectivity index (χ3n) is 0.964. The summed E-state index contributed by atoms with van der Waals surface area (Å²) in [5.74, 6) is 0. The van der Waals surface area contributed by atoms with Gasteiger partial charge in [-0.25, -0.2) is 9.52 Å². The number of nitrogens with one attached hydrogen (secondary N) is 2. The molecular formula is C6H14N2O5S. The molecule has 0 aromatic carbocycles.